The molecular weight excluding hydrogens is 404 g/mol. The first kappa shape index (κ1) is 20.8. The number of nitrogens with zero attached hydrogens (tertiary/aromatic N) is 3. The molecule has 8 heteroatoms. The summed E-state index contributed by atoms with van der Waals surface area (Å²) in [6, 6.07) is 3.96. The molecule has 2 aliphatic rings. The maximum atomic E-state index is 13.2. The smallest absolute Gasteiger partial charge is 0.263 e. The molecule has 4 heterocycles. The molecule has 0 bridgehead atoms. The number of fused-ring (bicyclic) bond motifs is 1. The van der Waals surface area contributed by atoms with Crippen molar-refractivity contribution in [3.63, 3.8) is 0 Å². The van der Waals surface area contributed by atoms with Gasteiger partial charge in [-0.05, 0) is 55.2 Å². The number of rotatable bonds is 6. The lowest BCUT2D eigenvalue weighted by Gasteiger charge is -2.38. The summed E-state index contributed by atoms with van der Waals surface area (Å²) in [5.41, 5.74) is 16.3. The summed E-state index contributed by atoms with van der Waals surface area (Å²) in [5.74, 6) is 1.10. The second kappa shape index (κ2) is 8.43. The number of furan rings is 1. The summed E-state index contributed by atoms with van der Waals surface area (Å²) in [6.07, 6.45) is 10.7. The van der Waals surface area contributed by atoms with Gasteiger partial charge in [-0.3, -0.25) is 14.8 Å². The van der Waals surface area contributed by atoms with Crippen molar-refractivity contribution in [3.8, 4) is 0 Å². The van der Waals surface area contributed by atoms with E-state index >= 15 is 0 Å². The largest absolute Gasteiger partial charge is 0.438 e. The molecule has 5 rings (SSSR count). The molecule has 1 aliphatic carbocycles. The number of pyridine rings is 2. The van der Waals surface area contributed by atoms with Gasteiger partial charge >= 0.3 is 0 Å². The zero-order chi connectivity index (χ0) is 22.2. The number of aromatic nitrogens is 2. The topological polar surface area (TPSA) is 123 Å². The standard InChI is InChI=1S/C24H30N6O2/c1-2-3-14-8-20-22(28-10-14)21(23(26)32-20)24(31)29-18-11-27-7-6-19(18)30-12-16(15-4-5-15)9-17(25)13-30/h6-8,10-11,15-17H,2-5,9,12-13,25-26H2,1H3,(H,29,31). The quantitative estimate of drug-likeness (QED) is 0.542. The third-order valence-corrected chi connectivity index (χ3v) is 6.57. The molecule has 168 valence electrons. The van der Waals surface area contributed by atoms with Crippen molar-refractivity contribution in [1.82, 2.24) is 9.97 Å². The summed E-state index contributed by atoms with van der Waals surface area (Å²) < 4.78 is 5.66. The molecule has 0 aromatic carbocycles. The lowest BCUT2D eigenvalue weighted by Crippen LogP contribution is -2.48. The molecule has 1 saturated carbocycles. The van der Waals surface area contributed by atoms with Gasteiger partial charge in [-0.2, -0.15) is 0 Å². The minimum absolute atomic E-state index is 0.0675. The van der Waals surface area contributed by atoms with E-state index in [0.717, 1.165) is 49.5 Å². The van der Waals surface area contributed by atoms with E-state index in [1.165, 1.54) is 12.8 Å². The SMILES string of the molecule is CCCc1cnc2c(C(=O)Nc3cnccc3N3CC(N)CC(C4CC4)C3)c(N)oc2c1. The maximum Gasteiger partial charge on any atom is 0.263 e. The van der Waals surface area contributed by atoms with Crippen LogP contribution in [0.5, 0.6) is 0 Å². The average molecular weight is 435 g/mol. The van der Waals surface area contributed by atoms with E-state index in [-0.39, 0.29) is 23.4 Å². The highest BCUT2D eigenvalue weighted by Crippen LogP contribution is 2.42. The van der Waals surface area contributed by atoms with Crippen molar-refractivity contribution in [3.05, 3.63) is 41.9 Å². The van der Waals surface area contributed by atoms with Gasteiger partial charge in [0.25, 0.3) is 5.91 Å². The molecule has 2 fully saturated rings. The predicted molar refractivity (Wildman–Crippen MR) is 126 cm³/mol. The van der Waals surface area contributed by atoms with Crippen molar-refractivity contribution in [1.29, 1.82) is 0 Å². The van der Waals surface area contributed by atoms with E-state index in [1.54, 1.807) is 18.6 Å². The highest BCUT2D eigenvalue weighted by atomic mass is 16.3. The molecule has 1 amide bonds. The van der Waals surface area contributed by atoms with Crippen LogP contribution in [-0.2, 0) is 6.42 Å². The number of nitrogen functional groups attached to an aromatic ring is 1. The van der Waals surface area contributed by atoms with Gasteiger partial charge in [0.05, 0.1) is 17.6 Å². The number of aryl methyl sites for hydroxylation is 1. The molecule has 5 N–H and O–H groups in total. The van der Waals surface area contributed by atoms with Crippen molar-refractivity contribution < 1.29 is 9.21 Å². The number of carbonyl (C=O) groups is 1. The van der Waals surface area contributed by atoms with Gasteiger partial charge in [-0.25, -0.2) is 0 Å². The Hall–Kier alpha value is -3.13. The summed E-state index contributed by atoms with van der Waals surface area (Å²) >= 11 is 0. The normalized spacial score (nSPS) is 21.1. The number of anilines is 3. The number of amides is 1. The van der Waals surface area contributed by atoms with Crippen molar-refractivity contribution in [2.45, 2.75) is 45.1 Å². The highest BCUT2D eigenvalue weighted by Gasteiger charge is 2.37. The molecule has 2 unspecified atom stereocenters. The lowest BCUT2D eigenvalue weighted by atomic mass is 9.90. The number of hydrogen-bond donors (Lipinski definition) is 3. The Bertz CT molecular complexity index is 1140. The van der Waals surface area contributed by atoms with Crippen LogP contribution >= 0.6 is 0 Å². The molecule has 0 radical (unpaired) electrons. The van der Waals surface area contributed by atoms with Crippen LogP contribution in [0.1, 0.15) is 48.5 Å². The van der Waals surface area contributed by atoms with E-state index in [9.17, 15) is 4.79 Å². The first-order valence-electron chi connectivity index (χ1n) is 11.5. The van der Waals surface area contributed by atoms with Gasteiger partial charge in [-0.1, -0.05) is 13.3 Å². The van der Waals surface area contributed by atoms with Crippen LogP contribution in [0, 0.1) is 11.8 Å². The molecule has 32 heavy (non-hydrogen) atoms. The van der Waals surface area contributed by atoms with Gasteiger partial charge in [0, 0.05) is 31.5 Å². The highest BCUT2D eigenvalue weighted by molar-refractivity contribution is 6.15. The molecule has 0 spiro atoms. The predicted octanol–water partition coefficient (Wildman–Crippen LogP) is 3.57. The molecule has 1 saturated heterocycles. The minimum Gasteiger partial charge on any atom is -0.438 e. The number of hydrogen-bond acceptors (Lipinski definition) is 7. The molecular formula is C24H30N6O2. The van der Waals surface area contributed by atoms with Crippen molar-refractivity contribution >= 4 is 34.3 Å². The summed E-state index contributed by atoms with van der Waals surface area (Å²) in [4.78, 5) is 24.2. The Morgan fingerprint density at radius 1 is 1.28 bits per heavy atom. The molecule has 1 aliphatic heterocycles. The van der Waals surface area contributed by atoms with Crippen LogP contribution in [-0.4, -0.2) is 35.0 Å². The first-order valence-corrected chi connectivity index (χ1v) is 11.5. The second-order valence-corrected chi connectivity index (χ2v) is 9.13. The van der Waals surface area contributed by atoms with E-state index in [1.807, 2.05) is 12.1 Å². The lowest BCUT2D eigenvalue weighted by molar-refractivity contribution is 0.102. The fourth-order valence-corrected chi connectivity index (χ4v) is 4.91. The summed E-state index contributed by atoms with van der Waals surface area (Å²) in [6.45, 7) is 3.81. The fourth-order valence-electron chi connectivity index (χ4n) is 4.91. The van der Waals surface area contributed by atoms with Crippen LogP contribution in [0.4, 0.5) is 17.3 Å². The van der Waals surface area contributed by atoms with Gasteiger partial charge in [0.2, 0.25) is 5.88 Å². The average Bonchev–Trinajstić information content (AvgIpc) is 3.56. The Morgan fingerprint density at radius 2 is 2.12 bits per heavy atom. The van der Waals surface area contributed by atoms with Crippen LogP contribution in [0.15, 0.2) is 35.1 Å². The van der Waals surface area contributed by atoms with Crippen molar-refractivity contribution in [2.24, 2.45) is 17.6 Å². The number of nitrogens with one attached hydrogen (secondary N) is 1. The van der Waals surface area contributed by atoms with Crippen LogP contribution in [0.3, 0.4) is 0 Å². The number of nitrogens with two attached hydrogens (primary N) is 2. The Morgan fingerprint density at radius 3 is 2.91 bits per heavy atom. The summed E-state index contributed by atoms with van der Waals surface area (Å²) in [7, 11) is 0. The molecule has 8 nitrogen and oxygen atoms in total. The zero-order valence-corrected chi connectivity index (χ0v) is 18.4. The van der Waals surface area contributed by atoms with Gasteiger partial charge in [0.1, 0.15) is 11.1 Å². The van der Waals surface area contributed by atoms with E-state index in [0.29, 0.717) is 22.7 Å². The van der Waals surface area contributed by atoms with E-state index in [4.69, 9.17) is 15.9 Å². The van der Waals surface area contributed by atoms with E-state index in [2.05, 4.69) is 27.1 Å². The minimum atomic E-state index is -0.355. The van der Waals surface area contributed by atoms with Crippen molar-refractivity contribution in [2.75, 3.05) is 29.0 Å². The number of carbonyl (C=O) groups excluding carboxylic acids is 1. The monoisotopic (exact) mass is 434 g/mol. The van der Waals surface area contributed by atoms with Gasteiger partial charge in [0.15, 0.2) is 5.58 Å². The van der Waals surface area contributed by atoms with Crippen LogP contribution in [0.2, 0.25) is 0 Å². The maximum absolute atomic E-state index is 13.2. The zero-order valence-electron chi connectivity index (χ0n) is 18.4. The van der Waals surface area contributed by atoms with Crippen LogP contribution < -0.4 is 21.7 Å². The van der Waals surface area contributed by atoms with E-state index < -0.39 is 0 Å². The Labute approximate surface area is 187 Å². The molecule has 3 aromatic heterocycles. The Kier molecular flexibility index (Phi) is 5.46. The summed E-state index contributed by atoms with van der Waals surface area (Å²) in [5, 5.41) is 2.99. The Balaban J connectivity index is 1.41. The third kappa shape index (κ3) is 4.02. The second-order valence-electron chi connectivity index (χ2n) is 9.13. The fraction of sp³-hybridized carbons (Fsp3) is 0.458. The molecule has 3 aromatic rings. The first-order chi connectivity index (χ1) is 15.5. The number of piperidine rings is 1. The molecule has 2 atom stereocenters. The van der Waals surface area contributed by atoms with Gasteiger partial charge < -0.3 is 26.1 Å². The third-order valence-electron chi connectivity index (χ3n) is 6.57. The van der Waals surface area contributed by atoms with Gasteiger partial charge in [-0.15, -0.1) is 0 Å². The van der Waals surface area contributed by atoms with Crippen LogP contribution in [0.25, 0.3) is 11.1 Å².